The van der Waals surface area contributed by atoms with E-state index < -0.39 is 29.9 Å². The van der Waals surface area contributed by atoms with Gasteiger partial charge in [-0.2, -0.15) is 0 Å². The van der Waals surface area contributed by atoms with Crippen LogP contribution in [0.1, 0.15) is 40.1 Å². The molecule has 8 nitrogen and oxygen atoms in total. The number of imide groups is 1. The number of hydrogen-bond donors (Lipinski definition) is 1. The van der Waals surface area contributed by atoms with Gasteiger partial charge >= 0.3 is 12.1 Å². The summed E-state index contributed by atoms with van der Waals surface area (Å²) in [6.45, 7) is 3.41. The quantitative estimate of drug-likeness (QED) is 0.754. The van der Waals surface area contributed by atoms with Crippen molar-refractivity contribution in [2.75, 3.05) is 0 Å². The highest BCUT2D eigenvalue weighted by atomic mass is 16.7. The Hall–Kier alpha value is -3.68. The van der Waals surface area contributed by atoms with Crippen molar-refractivity contribution in [2.45, 2.75) is 26.5 Å². The minimum absolute atomic E-state index is 0.0327. The van der Waals surface area contributed by atoms with E-state index in [-0.39, 0.29) is 23.7 Å². The van der Waals surface area contributed by atoms with Crippen LogP contribution >= 0.6 is 0 Å². The first kappa shape index (κ1) is 20.1. The number of hydrogen-bond acceptors (Lipinski definition) is 6. The van der Waals surface area contributed by atoms with Crippen molar-refractivity contribution in [1.29, 1.82) is 0 Å². The Bertz CT molecular complexity index is 906. The summed E-state index contributed by atoms with van der Waals surface area (Å²) in [4.78, 5) is 54.3. The monoisotopic (exact) mass is 396 g/mol. The Balaban J connectivity index is 1.62. The topological polar surface area (TPSA) is 102 Å². The van der Waals surface area contributed by atoms with Gasteiger partial charge in [0.1, 0.15) is 12.6 Å². The molecule has 29 heavy (non-hydrogen) atoms. The first-order valence-electron chi connectivity index (χ1n) is 9.05. The first-order chi connectivity index (χ1) is 13.9. The smallest absolute Gasteiger partial charge is 0.408 e. The predicted octanol–water partition coefficient (Wildman–Crippen LogP) is 2.69. The highest BCUT2D eigenvalue weighted by molar-refractivity contribution is 6.20. The molecule has 3 rings (SSSR count). The molecular weight excluding hydrogens is 376 g/mol. The minimum atomic E-state index is -1.11. The van der Waals surface area contributed by atoms with Gasteiger partial charge in [-0.15, -0.1) is 0 Å². The van der Waals surface area contributed by atoms with Crippen molar-refractivity contribution >= 4 is 23.9 Å². The summed E-state index contributed by atoms with van der Waals surface area (Å²) in [5, 5.41) is 2.84. The number of benzene rings is 2. The maximum absolute atomic E-state index is 12.6. The van der Waals surface area contributed by atoms with E-state index >= 15 is 0 Å². The molecule has 150 valence electrons. The number of alkyl carbamates (subject to hydrolysis) is 1. The molecule has 2 aromatic rings. The molecule has 0 aliphatic carbocycles. The Morgan fingerprint density at radius 1 is 0.931 bits per heavy atom. The van der Waals surface area contributed by atoms with Gasteiger partial charge in [-0.1, -0.05) is 61.4 Å². The lowest BCUT2D eigenvalue weighted by atomic mass is 10.1. The summed E-state index contributed by atoms with van der Waals surface area (Å²) < 4.78 is 5.12. The molecule has 0 bridgehead atoms. The second-order valence-corrected chi connectivity index (χ2v) is 6.79. The number of ether oxygens (including phenoxy) is 1. The molecule has 0 fully saturated rings. The highest BCUT2D eigenvalue weighted by Gasteiger charge is 2.40. The number of nitrogens with one attached hydrogen (secondary N) is 1. The van der Waals surface area contributed by atoms with Crippen LogP contribution in [0.25, 0.3) is 0 Å². The van der Waals surface area contributed by atoms with Crippen molar-refractivity contribution in [3.8, 4) is 0 Å². The van der Waals surface area contributed by atoms with E-state index in [1.165, 1.54) is 12.1 Å². The van der Waals surface area contributed by atoms with E-state index in [9.17, 15) is 19.2 Å². The van der Waals surface area contributed by atoms with Crippen LogP contribution in [-0.2, 0) is 21.0 Å². The van der Waals surface area contributed by atoms with Gasteiger partial charge in [0.15, 0.2) is 0 Å². The van der Waals surface area contributed by atoms with E-state index in [0.717, 1.165) is 5.56 Å². The molecule has 0 saturated heterocycles. The van der Waals surface area contributed by atoms with Crippen LogP contribution in [0.5, 0.6) is 0 Å². The standard InChI is InChI=1S/C21H20N2O6/c1-13(2)17(22-21(27)28-12-14-8-4-3-5-9-14)20(26)29-23-18(24)15-10-6-7-11-16(15)19(23)25/h3-11,13,17H,12H2,1-2H3,(H,22,27)/t17-/m0/s1. The van der Waals surface area contributed by atoms with Crippen molar-refractivity contribution in [3.63, 3.8) is 0 Å². The zero-order valence-electron chi connectivity index (χ0n) is 16.0. The fourth-order valence-electron chi connectivity index (χ4n) is 2.79. The van der Waals surface area contributed by atoms with E-state index in [1.54, 1.807) is 38.1 Å². The molecule has 0 unspecified atom stereocenters. The summed E-state index contributed by atoms with van der Waals surface area (Å²) in [5.41, 5.74) is 1.10. The molecule has 1 aliphatic rings. The Kier molecular flexibility index (Phi) is 5.92. The number of hydroxylamine groups is 2. The van der Waals surface area contributed by atoms with E-state index in [2.05, 4.69) is 5.32 Å². The van der Waals surface area contributed by atoms with Gasteiger partial charge in [0.25, 0.3) is 11.8 Å². The molecule has 2 aromatic carbocycles. The van der Waals surface area contributed by atoms with Crippen molar-refractivity contribution < 1.29 is 28.8 Å². The minimum Gasteiger partial charge on any atom is -0.445 e. The molecule has 1 aliphatic heterocycles. The Morgan fingerprint density at radius 3 is 2.03 bits per heavy atom. The van der Waals surface area contributed by atoms with Crippen LogP contribution in [0.15, 0.2) is 54.6 Å². The molecule has 1 heterocycles. The Labute approximate surface area is 167 Å². The van der Waals surface area contributed by atoms with E-state index in [4.69, 9.17) is 9.57 Å². The zero-order chi connectivity index (χ0) is 21.0. The van der Waals surface area contributed by atoms with Gasteiger partial charge < -0.3 is 14.9 Å². The lowest BCUT2D eigenvalue weighted by Crippen LogP contribution is -2.48. The van der Waals surface area contributed by atoms with Gasteiger partial charge in [-0.25, -0.2) is 9.59 Å². The molecule has 0 saturated carbocycles. The van der Waals surface area contributed by atoms with Gasteiger partial charge in [0.2, 0.25) is 0 Å². The molecule has 3 amide bonds. The summed E-state index contributed by atoms with van der Waals surface area (Å²) in [6, 6.07) is 14.1. The Morgan fingerprint density at radius 2 is 1.48 bits per heavy atom. The van der Waals surface area contributed by atoms with Gasteiger partial charge in [-0.05, 0) is 23.6 Å². The lowest BCUT2D eigenvalue weighted by Gasteiger charge is -2.22. The molecule has 1 atom stereocenters. The third-order valence-electron chi connectivity index (χ3n) is 4.34. The lowest BCUT2D eigenvalue weighted by molar-refractivity contribution is -0.172. The third-order valence-corrected chi connectivity index (χ3v) is 4.34. The SMILES string of the molecule is CC(C)[C@H](NC(=O)OCc1ccccc1)C(=O)ON1C(=O)c2ccccc2C1=O. The fourth-order valence-corrected chi connectivity index (χ4v) is 2.79. The maximum Gasteiger partial charge on any atom is 0.408 e. The van der Waals surface area contributed by atoms with E-state index in [1.807, 2.05) is 18.2 Å². The largest absolute Gasteiger partial charge is 0.445 e. The number of rotatable bonds is 6. The first-order valence-corrected chi connectivity index (χ1v) is 9.05. The van der Waals surface area contributed by atoms with Crippen LogP contribution in [0.3, 0.4) is 0 Å². The van der Waals surface area contributed by atoms with Crippen LogP contribution in [0, 0.1) is 5.92 Å². The molecule has 8 heteroatoms. The average molecular weight is 396 g/mol. The van der Waals surface area contributed by atoms with Crippen molar-refractivity contribution in [3.05, 3.63) is 71.3 Å². The van der Waals surface area contributed by atoms with Crippen LogP contribution < -0.4 is 5.32 Å². The molecule has 0 spiro atoms. The van der Waals surface area contributed by atoms with Crippen LogP contribution in [0.4, 0.5) is 4.79 Å². The number of fused-ring (bicyclic) bond motifs is 1. The number of carbonyl (C=O) groups excluding carboxylic acids is 4. The average Bonchev–Trinajstić information content (AvgIpc) is 2.96. The number of carbonyl (C=O) groups is 4. The predicted molar refractivity (Wildman–Crippen MR) is 101 cm³/mol. The second-order valence-electron chi connectivity index (χ2n) is 6.79. The maximum atomic E-state index is 12.6. The number of amides is 3. The summed E-state index contributed by atoms with van der Waals surface area (Å²) >= 11 is 0. The summed E-state index contributed by atoms with van der Waals surface area (Å²) in [6.07, 6.45) is -0.813. The highest BCUT2D eigenvalue weighted by Crippen LogP contribution is 2.23. The number of nitrogens with zero attached hydrogens (tertiary/aromatic N) is 1. The van der Waals surface area contributed by atoms with Gasteiger partial charge in [0, 0.05) is 0 Å². The van der Waals surface area contributed by atoms with Crippen molar-refractivity contribution in [1.82, 2.24) is 10.4 Å². The summed E-state index contributed by atoms with van der Waals surface area (Å²) in [7, 11) is 0. The van der Waals surface area contributed by atoms with E-state index in [0.29, 0.717) is 5.06 Å². The summed E-state index contributed by atoms with van der Waals surface area (Å²) in [5.74, 6) is -2.77. The van der Waals surface area contributed by atoms with Crippen LogP contribution in [0.2, 0.25) is 0 Å². The normalized spacial score (nSPS) is 13.8. The molecular formula is C21H20N2O6. The van der Waals surface area contributed by atoms with Crippen LogP contribution in [-0.4, -0.2) is 35.0 Å². The van der Waals surface area contributed by atoms with Crippen molar-refractivity contribution in [2.24, 2.45) is 5.92 Å². The molecule has 0 radical (unpaired) electrons. The van der Waals surface area contributed by atoms with Gasteiger partial charge in [-0.3, -0.25) is 9.59 Å². The molecule has 0 aromatic heterocycles. The zero-order valence-corrected chi connectivity index (χ0v) is 16.0. The van der Waals surface area contributed by atoms with Gasteiger partial charge in [0.05, 0.1) is 11.1 Å². The molecule has 1 N–H and O–H groups in total. The second kappa shape index (κ2) is 8.55. The fraction of sp³-hybridized carbons (Fsp3) is 0.238. The third kappa shape index (κ3) is 4.43.